The van der Waals surface area contributed by atoms with Crippen LogP contribution in [0.15, 0.2) is 45.9 Å². The number of ketones is 1. The molecule has 6 N–H and O–H groups in total. The summed E-state index contributed by atoms with van der Waals surface area (Å²) >= 11 is 3.47. The van der Waals surface area contributed by atoms with E-state index in [9.17, 15) is 39.3 Å². The zero-order valence-corrected chi connectivity index (χ0v) is 26.4. The fraction of sp³-hybridized carbons (Fsp3) is 0.222. The van der Waals surface area contributed by atoms with Crippen LogP contribution >= 0.6 is 34.9 Å². The standard InChI is InChI=1S/C27H22N8O9S3/c1-10-4-17(35-27(29-10)31-16(33-35)6-44-25(43)11-2-3-14(36)15(37)5-11)45-7-12-8-46-23-18(22(40)34(23)19(12)24(41)42)32-21(39)20(38)13-9-47-26(28)30-13/h2-5,9,18,23,36-37H,6-8H2,1H3,(H2,28,30)(H,32,39)(H,41,42)/t18-,23-/m1/s1. The lowest BCUT2D eigenvalue weighted by Gasteiger charge is -2.49. The quantitative estimate of drug-likeness (QED) is 0.0294. The minimum absolute atomic E-state index is 0.00787. The topological polar surface area (TPSA) is 253 Å². The number of amides is 2. The number of anilines is 1. The summed E-state index contributed by atoms with van der Waals surface area (Å²) in [4.78, 5) is 76.2. The second-order valence-corrected chi connectivity index (χ2v) is 13.1. The summed E-state index contributed by atoms with van der Waals surface area (Å²) < 4.78 is 6.66. The van der Waals surface area contributed by atoms with Gasteiger partial charge >= 0.3 is 11.9 Å². The van der Waals surface area contributed by atoms with E-state index in [0.717, 1.165) is 28.4 Å². The number of aromatic nitrogens is 5. The van der Waals surface area contributed by atoms with E-state index in [1.54, 1.807) is 13.0 Å². The van der Waals surface area contributed by atoms with E-state index in [1.807, 2.05) is 0 Å². The Morgan fingerprint density at radius 2 is 1.94 bits per heavy atom. The molecule has 5 heterocycles. The second kappa shape index (κ2) is 12.5. The van der Waals surface area contributed by atoms with Crippen molar-refractivity contribution < 1.29 is 44.0 Å². The molecule has 2 aliphatic heterocycles. The Morgan fingerprint density at radius 1 is 1.15 bits per heavy atom. The van der Waals surface area contributed by atoms with Crippen LogP contribution in [0.2, 0.25) is 0 Å². The van der Waals surface area contributed by atoms with Gasteiger partial charge < -0.3 is 31.1 Å². The zero-order valence-electron chi connectivity index (χ0n) is 23.9. The number of nitrogens with two attached hydrogens (primary N) is 1. The fourth-order valence-electron chi connectivity index (χ4n) is 4.69. The lowest BCUT2D eigenvalue weighted by atomic mass is 10.0. The molecule has 3 aromatic heterocycles. The molecule has 0 aliphatic carbocycles. The molecule has 4 aromatic rings. The van der Waals surface area contributed by atoms with Crippen molar-refractivity contribution in [2.45, 2.75) is 30.0 Å². The summed E-state index contributed by atoms with van der Waals surface area (Å²) in [5.41, 5.74) is 6.22. The third-order valence-electron chi connectivity index (χ3n) is 6.89. The van der Waals surface area contributed by atoms with Crippen LogP contribution in [0.3, 0.4) is 0 Å². The van der Waals surface area contributed by atoms with Crippen molar-refractivity contribution in [1.82, 2.24) is 34.8 Å². The fourth-order valence-corrected chi connectivity index (χ4v) is 7.77. The molecule has 2 amide bonds. The van der Waals surface area contributed by atoms with Crippen LogP contribution in [0, 0.1) is 6.92 Å². The molecule has 20 heteroatoms. The highest BCUT2D eigenvalue weighted by molar-refractivity contribution is 8.01. The van der Waals surface area contributed by atoms with Crippen molar-refractivity contribution in [2.75, 3.05) is 17.2 Å². The van der Waals surface area contributed by atoms with Gasteiger partial charge in [-0.1, -0.05) is 0 Å². The lowest BCUT2D eigenvalue weighted by Crippen LogP contribution is -2.71. The number of thioether (sulfide) groups is 2. The van der Waals surface area contributed by atoms with Crippen LogP contribution in [0.1, 0.15) is 32.4 Å². The molecule has 17 nitrogen and oxygen atoms in total. The van der Waals surface area contributed by atoms with Crippen LogP contribution in [-0.2, 0) is 25.7 Å². The predicted octanol–water partition coefficient (Wildman–Crippen LogP) is 0.953. The Kier molecular flexibility index (Phi) is 8.47. The Labute approximate surface area is 275 Å². The molecule has 1 saturated heterocycles. The van der Waals surface area contributed by atoms with Gasteiger partial charge in [-0.15, -0.1) is 40.0 Å². The van der Waals surface area contributed by atoms with E-state index < -0.39 is 46.7 Å². The number of rotatable bonds is 10. The molecule has 0 spiro atoms. The van der Waals surface area contributed by atoms with Crippen LogP contribution in [0.25, 0.3) is 5.78 Å². The third kappa shape index (κ3) is 6.16. The number of fused-ring (bicyclic) bond motifs is 2. The summed E-state index contributed by atoms with van der Waals surface area (Å²) in [5, 5.41) is 37.2. The molecule has 1 fully saturated rings. The van der Waals surface area contributed by atoms with E-state index in [1.165, 1.54) is 39.5 Å². The van der Waals surface area contributed by atoms with E-state index in [-0.39, 0.29) is 57.6 Å². The van der Waals surface area contributed by atoms with Gasteiger partial charge in [0.25, 0.3) is 23.4 Å². The van der Waals surface area contributed by atoms with Gasteiger partial charge in [-0.05, 0) is 36.8 Å². The number of β-lactam (4-membered cyclic amide) rings is 1. The highest BCUT2D eigenvalue weighted by atomic mass is 32.2. The highest BCUT2D eigenvalue weighted by Crippen LogP contribution is 2.41. The average molecular weight is 699 g/mol. The Bertz CT molecular complexity index is 2030. The minimum atomic E-state index is -1.32. The van der Waals surface area contributed by atoms with E-state index in [0.29, 0.717) is 16.3 Å². The van der Waals surface area contributed by atoms with E-state index in [4.69, 9.17) is 10.5 Å². The first-order valence-electron chi connectivity index (χ1n) is 13.4. The van der Waals surface area contributed by atoms with Crippen molar-refractivity contribution >= 4 is 75.3 Å². The second-order valence-electron chi connectivity index (χ2n) is 10.1. The van der Waals surface area contributed by atoms with Gasteiger partial charge in [-0.2, -0.15) is 9.50 Å². The number of thiazole rings is 1. The molecular formula is C27H22N8O9S3. The lowest BCUT2D eigenvalue weighted by molar-refractivity contribution is -0.150. The number of hydrogen-bond acceptors (Lipinski definition) is 16. The number of nitrogens with one attached hydrogen (secondary N) is 1. The Morgan fingerprint density at radius 3 is 2.64 bits per heavy atom. The number of ether oxygens (including phenoxy) is 1. The van der Waals surface area contributed by atoms with Crippen LogP contribution in [0.4, 0.5) is 5.13 Å². The van der Waals surface area contributed by atoms with Crippen LogP contribution in [0.5, 0.6) is 11.5 Å². The number of aryl methyl sites for hydroxylation is 1. The number of benzene rings is 1. The first-order chi connectivity index (χ1) is 22.4. The van der Waals surface area contributed by atoms with Gasteiger partial charge in [0, 0.05) is 22.6 Å². The van der Waals surface area contributed by atoms with Crippen molar-refractivity contribution in [1.29, 1.82) is 0 Å². The number of hydrogen-bond donors (Lipinski definition) is 5. The number of carbonyl (C=O) groups excluding carboxylic acids is 4. The molecule has 2 aliphatic rings. The summed E-state index contributed by atoms with van der Waals surface area (Å²) in [7, 11) is 0. The smallest absolute Gasteiger partial charge is 0.352 e. The normalized spacial score (nSPS) is 17.3. The molecule has 0 unspecified atom stereocenters. The number of carboxylic acid groups (broad SMARTS) is 1. The van der Waals surface area contributed by atoms with Gasteiger partial charge in [0.15, 0.2) is 29.1 Å². The number of Topliss-reactive ketones (excluding diaryl/α,β-unsaturated/α-hetero) is 1. The molecule has 0 saturated carbocycles. The van der Waals surface area contributed by atoms with Crippen LogP contribution in [-0.4, -0.2) is 97.2 Å². The molecule has 47 heavy (non-hydrogen) atoms. The van der Waals surface area contributed by atoms with Crippen molar-refractivity contribution in [3.63, 3.8) is 0 Å². The number of aromatic hydroxyl groups is 2. The van der Waals surface area contributed by atoms with Gasteiger partial charge in [0.05, 0.1) is 5.56 Å². The molecule has 6 rings (SSSR count). The number of phenols is 2. The van der Waals surface area contributed by atoms with Gasteiger partial charge in [-0.25, -0.2) is 19.6 Å². The number of nitrogen functional groups attached to an aromatic ring is 1. The average Bonchev–Trinajstić information content (AvgIpc) is 3.67. The molecule has 1 aromatic carbocycles. The summed E-state index contributed by atoms with van der Waals surface area (Å²) in [6.45, 7) is 1.41. The highest BCUT2D eigenvalue weighted by Gasteiger charge is 2.54. The molecule has 0 bridgehead atoms. The van der Waals surface area contributed by atoms with Crippen molar-refractivity contribution in [2.24, 2.45) is 0 Å². The molecule has 0 radical (unpaired) electrons. The monoisotopic (exact) mass is 698 g/mol. The van der Waals surface area contributed by atoms with Crippen molar-refractivity contribution in [3.05, 3.63) is 63.7 Å². The number of aliphatic carboxylic acids is 1. The van der Waals surface area contributed by atoms with Crippen LogP contribution < -0.4 is 11.1 Å². The van der Waals surface area contributed by atoms with E-state index >= 15 is 0 Å². The number of carboxylic acids is 1. The molecule has 242 valence electrons. The minimum Gasteiger partial charge on any atom is -0.504 e. The Hall–Kier alpha value is -5.21. The first kappa shape index (κ1) is 31.8. The summed E-state index contributed by atoms with van der Waals surface area (Å²) in [5.74, 6) is -4.92. The zero-order chi connectivity index (χ0) is 33.6. The maximum atomic E-state index is 13.0. The summed E-state index contributed by atoms with van der Waals surface area (Å²) in [6.07, 6.45) is 0. The number of phenolic OH excluding ortho intramolecular Hbond substituents is 2. The largest absolute Gasteiger partial charge is 0.504 e. The predicted molar refractivity (Wildman–Crippen MR) is 166 cm³/mol. The first-order valence-corrected chi connectivity index (χ1v) is 16.3. The number of carbonyl (C=O) groups is 5. The SMILES string of the molecule is Cc1cc(SCC2=C(C(=O)O)N3C(=O)[C@@H](NC(=O)C(=O)c4csc(N)n4)[C@H]3SC2)n2nc(COC(=O)c3ccc(O)c(O)c3)nc2n1. The van der Waals surface area contributed by atoms with Gasteiger partial charge in [0.1, 0.15) is 27.8 Å². The van der Waals surface area contributed by atoms with Crippen molar-refractivity contribution in [3.8, 4) is 11.5 Å². The van der Waals surface area contributed by atoms with E-state index in [2.05, 4.69) is 25.4 Å². The summed E-state index contributed by atoms with van der Waals surface area (Å²) in [6, 6.07) is 4.12. The Balaban J connectivity index is 1.14. The third-order valence-corrected chi connectivity index (χ3v) is 9.98. The number of esters is 1. The molecule has 2 atom stereocenters. The number of nitrogens with zero attached hydrogens (tertiary/aromatic N) is 6. The maximum absolute atomic E-state index is 13.0. The van der Waals surface area contributed by atoms with Gasteiger partial charge in [-0.3, -0.25) is 19.3 Å². The molecular weight excluding hydrogens is 677 g/mol. The maximum Gasteiger partial charge on any atom is 0.352 e. The van der Waals surface area contributed by atoms with Gasteiger partial charge in [0.2, 0.25) is 0 Å².